The molecule has 3 aliphatic carbocycles. The van der Waals surface area contributed by atoms with E-state index in [-0.39, 0.29) is 27.7 Å². The van der Waals surface area contributed by atoms with Crippen LogP contribution in [-0.4, -0.2) is 47.1 Å². The summed E-state index contributed by atoms with van der Waals surface area (Å²) in [5, 5.41) is 20.8. The van der Waals surface area contributed by atoms with Crippen molar-refractivity contribution < 1.29 is 14.3 Å². The monoisotopic (exact) mass is 506 g/mol. The van der Waals surface area contributed by atoms with Crippen molar-refractivity contribution in [3.63, 3.8) is 0 Å². The third kappa shape index (κ3) is 3.13. The minimum Gasteiger partial charge on any atom is -0.505 e. The van der Waals surface area contributed by atoms with Crippen LogP contribution in [0, 0.1) is 33.9 Å². The summed E-state index contributed by atoms with van der Waals surface area (Å²) in [6.45, 7) is 10.9. The molecule has 186 valence electrons. The average molecular weight is 507 g/mol. The number of aromatic hydroxyl groups is 1. The number of hydrogen-bond donors (Lipinski definition) is 1. The zero-order valence-electron chi connectivity index (χ0n) is 20.4. The molecule has 2 bridgehead atoms. The molecule has 0 radical (unpaired) electrons. The molecule has 1 aromatic carbocycles. The second-order valence-electron chi connectivity index (χ2n) is 11.5. The normalized spacial score (nSPS) is 24.5. The first-order chi connectivity index (χ1) is 17.1. The van der Waals surface area contributed by atoms with Gasteiger partial charge in [-0.15, -0.1) is 0 Å². The van der Waals surface area contributed by atoms with Crippen LogP contribution in [0.5, 0.6) is 5.75 Å². The number of phenols is 1. The maximum atomic E-state index is 14.1. The van der Waals surface area contributed by atoms with Crippen LogP contribution in [0.4, 0.5) is 10.2 Å². The van der Waals surface area contributed by atoms with Crippen molar-refractivity contribution >= 4 is 23.3 Å². The minimum atomic E-state index is -0.792. The van der Waals surface area contributed by atoms with Crippen molar-refractivity contribution in [3.8, 4) is 22.9 Å². The number of amides is 1. The van der Waals surface area contributed by atoms with E-state index in [0.29, 0.717) is 48.1 Å². The topological polar surface area (TPSA) is 80.5 Å². The van der Waals surface area contributed by atoms with Crippen LogP contribution in [0.2, 0.25) is 5.02 Å². The van der Waals surface area contributed by atoms with Gasteiger partial charge in [0.15, 0.2) is 11.6 Å². The van der Waals surface area contributed by atoms with E-state index in [0.717, 1.165) is 43.1 Å². The molecule has 5 aliphatic rings. The van der Waals surface area contributed by atoms with E-state index in [1.807, 2.05) is 0 Å². The van der Waals surface area contributed by atoms with Gasteiger partial charge in [-0.2, -0.15) is 5.26 Å². The number of halogens is 2. The van der Waals surface area contributed by atoms with Crippen molar-refractivity contribution in [1.29, 1.82) is 5.26 Å². The third-order valence-electron chi connectivity index (χ3n) is 9.26. The van der Waals surface area contributed by atoms with E-state index in [1.165, 1.54) is 12.1 Å². The Labute approximate surface area is 215 Å². The van der Waals surface area contributed by atoms with Crippen molar-refractivity contribution in [3.05, 3.63) is 52.4 Å². The zero-order chi connectivity index (χ0) is 25.6. The van der Waals surface area contributed by atoms with E-state index in [4.69, 9.17) is 16.6 Å². The molecular formula is C28H28ClFN4O2. The van der Waals surface area contributed by atoms with E-state index in [9.17, 15) is 19.6 Å². The molecule has 7 rings (SSSR count). The third-order valence-corrected chi connectivity index (χ3v) is 9.57. The van der Waals surface area contributed by atoms with Gasteiger partial charge < -0.3 is 14.9 Å². The lowest BCUT2D eigenvalue weighted by Crippen LogP contribution is -2.59. The van der Waals surface area contributed by atoms with Gasteiger partial charge in [0, 0.05) is 48.6 Å². The number of rotatable bonds is 3. The number of benzene rings is 1. The quantitative estimate of drug-likeness (QED) is 0.591. The Morgan fingerprint density at radius 1 is 1.36 bits per heavy atom. The van der Waals surface area contributed by atoms with Crippen molar-refractivity contribution in [2.45, 2.75) is 39.0 Å². The number of carbonyl (C=O) groups excluding carboxylic acids is 1. The van der Waals surface area contributed by atoms with Gasteiger partial charge in [0.1, 0.15) is 17.5 Å². The van der Waals surface area contributed by atoms with Crippen LogP contribution in [-0.2, 0) is 11.2 Å². The first-order valence-corrected chi connectivity index (χ1v) is 12.8. The van der Waals surface area contributed by atoms with Crippen LogP contribution in [0.1, 0.15) is 49.4 Å². The molecule has 2 saturated heterocycles. The summed E-state index contributed by atoms with van der Waals surface area (Å²) in [5.41, 5.74) is 3.62. The maximum absolute atomic E-state index is 14.1. The fraction of sp³-hybridized carbons (Fsp3) is 0.464. The Bertz CT molecular complexity index is 1370. The van der Waals surface area contributed by atoms with Crippen molar-refractivity contribution in [2.24, 2.45) is 16.7 Å². The standard InChI is InChI=1S/C28H28ClFN4O2/c1-4-23(36)34-13-28(14-34)5-6-33(12-28)26-18(11-31)24(16-9-22(35)21(30)10-20(16)29)17-7-15-8-19(25(17)32-26)27(15,2)3/h4,9-10,15,19,35H,1,5-8,12-14H2,2-3H3/t15-,19-/m0/s1. The maximum Gasteiger partial charge on any atom is 0.245 e. The summed E-state index contributed by atoms with van der Waals surface area (Å²) in [7, 11) is 0. The van der Waals surface area contributed by atoms with E-state index < -0.39 is 11.6 Å². The Kier molecular flexibility index (Phi) is 4.98. The SMILES string of the molecule is C=CC(=O)N1CC2(CCN(c3nc4c(c(-c5cc(O)c(F)cc5Cl)c3C#N)C[C@H]3C[C@@H]4C3(C)C)C2)C1. The Hall–Kier alpha value is -3.11. The summed E-state index contributed by atoms with van der Waals surface area (Å²) < 4.78 is 14.1. The highest BCUT2D eigenvalue weighted by molar-refractivity contribution is 6.33. The van der Waals surface area contributed by atoms with E-state index in [2.05, 4.69) is 31.4 Å². The smallest absolute Gasteiger partial charge is 0.245 e. The first-order valence-electron chi connectivity index (χ1n) is 12.4. The molecule has 3 heterocycles. The number of nitriles is 1. The molecule has 36 heavy (non-hydrogen) atoms. The second kappa shape index (κ2) is 7.69. The van der Waals surface area contributed by atoms with Crippen LogP contribution in [0.3, 0.4) is 0 Å². The molecule has 0 unspecified atom stereocenters. The van der Waals surface area contributed by atoms with Gasteiger partial charge in [0.25, 0.3) is 0 Å². The van der Waals surface area contributed by atoms with Gasteiger partial charge in [-0.3, -0.25) is 4.79 Å². The molecular weight excluding hydrogens is 479 g/mol. The molecule has 8 heteroatoms. The van der Waals surface area contributed by atoms with Crippen molar-refractivity contribution in [2.75, 3.05) is 31.1 Å². The molecule has 2 atom stereocenters. The number of nitrogens with zero attached hydrogens (tertiary/aromatic N) is 4. The highest BCUT2D eigenvalue weighted by Crippen LogP contribution is 2.63. The number of carbonyl (C=O) groups is 1. The highest BCUT2D eigenvalue weighted by Gasteiger charge is 2.55. The lowest BCUT2D eigenvalue weighted by molar-refractivity contribution is -0.136. The fourth-order valence-electron chi connectivity index (χ4n) is 6.98. The number of aromatic nitrogens is 1. The summed E-state index contributed by atoms with van der Waals surface area (Å²) >= 11 is 6.52. The molecule has 3 fully saturated rings. The van der Waals surface area contributed by atoms with Crippen LogP contribution < -0.4 is 4.90 Å². The van der Waals surface area contributed by atoms with Gasteiger partial charge in [-0.1, -0.05) is 32.0 Å². The molecule has 6 nitrogen and oxygen atoms in total. The number of pyridine rings is 1. The van der Waals surface area contributed by atoms with Gasteiger partial charge in [0.2, 0.25) is 5.91 Å². The predicted octanol–water partition coefficient (Wildman–Crippen LogP) is 5.03. The van der Waals surface area contributed by atoms with Crippen molar-refractivity contribution in [1.82, 2.24) is 9.88 Å². The summed E-state index contributed by atoms with van der Waals surface area (Å²) in [4.78, 5) is 21.1. The second-order valence-corrected chi connectivity index (χ2v) is 11.9. The van der Waals surface area contributed by atoms with E-state index in [1.54, 1.807) is 4.90 Å². The summed E-state index contributed by atoms with van der Waals surface area (Å²) in [6, 6.07) is 4.83. The molecule has 2 aromatic rings. The lowest BCUT2D eigenvalue weighted by Gasteiger charge is -2.57. The number of hydrogen-bond acceptors (Lipinski definition) is 5. The molecule has 2 aliphatic heterocycles. The largest absolute Gasteiger partial charge is 0.505 e. The first kappa shape index (κ1) is 23.3. The Balaban J connectivity index is 1.48. The van der Waals surface area contributed by atoms with Crippen LogP contribution >= 0.6 is 11.6 Å². The Morgan fingerprint density at radius 3 is 2.78 bits per heavy atom. The number of phenolic OH excluding ortho intramolecular Hbond substituents is 1. The number of anilines is 1. The molecule has 1 saturated carbocycles. The summed E-state index contributed by atoms with van der Waals surface area (Å²) in [5.74, 6) is 0.0216. The molecule has 1 aromatic heterocycles. The Morgan fingerprint density at radius 2 is 2.11 bits per heavy atom. The molecule has 1 spiro atoms. The zero-order valence-corrected chi connectivity index (χ0v) is 21.2. The van der Waals surface area contributed by atoms with Gasteiger partial charge >= 0.3 is 0 Å². The fourth-order valence-corrected chi connectivity index (χ4v) is 7.22. The predicted molar refractivity (Wildman–Crippen MR) is 135 cm³/mol. The van der Waals surface area contributed by atoms with Gasteiger partial charge in [-0.05, 0) is 54.4 Å². The highest BCUT2D eigenvalue weighted by atomic mass is 35.5. The van der Waals surface area contributed by atoms with Crippen LogP contribution in [0.15, 0.2) is 24.8 Å². The summed E-state index contributed by atoms with van der Waals surface area (Å²) in [6.07, 6.45) is 4.08. The van der Waals surface area contributed by atoms with E-state index >= 15 is 0 Å². The number of likely N-dealkylation sites (tertiary alicyclic amines) is 1. The van der Waals surface area contributed by atoms with Gasteiger partial charge in [0.05, 0.1) is 10.7 Å². The minimum absolute atomic E-state index is 0.0181. The lowest BCUT2D eigenvalue weighted by atomic mass is 9.48. The van der Waals surface area contributed by atoms with Gasteiger partial charge in [-0.25, -0.2) is 9.37 Å². The average Bonchev–Trinajstić information content (AvgIpc) is 3.29. The molecule has 1 N–H and O–H groups in total. The molecule has 1 amide bonds. The van der Waals surface area contributed by atoms with Crippen LogP contribution in [0.25, 0.3) is 11.1 Å².